The Morgan fingerprint density at radius 1 is 1.07 bits per heavy atom. The van der Waals surface area contributed by atoms with Gasteiger partial charge < -0.3 is 10.1 Å². The first-order valence-electron chi connectivity index (χ1n) is 10.2. The van der Waals surface area contributed by atoms with Crippen molar-refractivity contribution in [2.45, 2.75) is 40.5 Å². The molecule has 1 amide bonds. The van der Waals surface area contributed by atoms with Gasteiger partial charge in [0.2, 0.25) is 15.9 Å². The number of carbonyl (C=O) groups excluding carboxylic acids is 1. The van der Waals surface area contributed by atoms with Gasteiger partial charge in [-0.15, -0.1) is 0 Å². The maximum absolute atomic E-state index is 12.5. The van der Waals surface area contributed by atoms with Crippen molar-refractivity contribution in [1.82, 2.24) is 5.32 Å². The van der Waals surface area contributed by atoms with Gasteiger partial charge in [-0.3, -0.25) is 9.10 Å². The molecule has 2 aromatic carbocycles. The highest BCUT2D eigenvalue weighted by molar-refractivity contribution is 7.92. The van der Waals surface area contributed by atoms with Crippen LogP contribution in [0.1, 0.15) is 35.6 Å². The molecular formula is C23H32N2O4S. The van der Waals surface area contributed by atoms with Crippen LogP contribution in [0, 0.1) is 20.8 Å². The number of anilines is 1. The van der Waals surface area contributed by atoms with Crippen molar-refractivity contribution in [1.29, 1.82) is 0 Å². The van der Waals surface area contributed by atoms with Crippen molar-refractivity contribution in [2.24, 2.45) is 0 Å². The van der Waals surface area contributed by atoms with Gasteiger partial charge >= 0.3 is 0 Å². The van der Waals surface area contributed by atoms with Gasteiger partial charge in [-0.25, -0.2) is 8.42 Å². The minimum absolute atomic E-state index is 0.230. The van der Waals surface area contributed by atoms with Crippen molar-refractivity contribution in [3.8, 4) is 5.75 Å². The van der Waals surface area contributed by atoms with E-state index < -0.39 is 10.0 Å². The fourth-order valence-electron chi connectivity index (χ4n) is 3.55. The van der Waals surface area contributed by atoms with Crippen LogP contribution < -0.4 is 14.4 Å². The highest BCUT2D eigenvalue weighted by Crippen LogP contribution is 2.28. The normalized spacial score (nSPS) is 11.2. The molecule has 0 atom stereocenters. The van der Waals surface area contributed by atoms with Gasteiger partial charge in [0, 0.05) is 6.54 Å². The van der Waals surface area contributed by atoms with E-state index in [0.717, 1.165) is 47.1 Å². The standard InChI is InChI=1S/C23H32N2O4S/c1-6-29-21-11-9-20(10-12-21)8-7-13-24-22(26)16-25(30(5,27)28)23-18(3)14-17(2)15-19(23)4/h9-12,14-15H,6-8,13,16H2,1-5H3,(H,24,26). The lowest BCUT2D eigenvalue weighted by molar-refractivity contribution is -0.119. The molecule has 0 unspecified atom stereocenters. The lowest BCUT2D eigenvalue weighted by Crippen LogP contribution is -2.41. The molecule has 0 bridgehead atoms. The number of rotatable bonds is 10. The second-order valence-electron chi connectivity index (χ2n) is 7.55. The first kappa shape index (κ1) is 23.7. The molecule has 164 valence electrons. The molecule has 1 N–H and O–H groups in total. The highest BCUT2D eigenvalue weighted by atomic mass is 32.2. The molecule has 6 nitrogen and oxygen atoms in total. The van der Waals surface area contributed by atoms with E-state index >= 15 is 0 Å². The van der Waals surface area contributed by atoms with Gasteiger partial charge in [-0.2, -0.15) is 0 Å². The molecule has 0 heterocycles. The summed E-state index contributed by atoms with van der Waals surface area (Å²) in [5.41, 5.74) is 4.47. The summed E-state index contributed by atoms with van der Waals surface area (Å²) in [4.78, 5) is 12.5. The number of sulfonamides is 1. The van der Waals surface area contributed by atoms with Gasteiger partial charge in [0.05, 0.1) is 18.6 Å². The summed E-state index contributed by atoms with van der Waals surface area (Å²) in [5.74, 6) is 0.531. The molecule has 0 aliphatic carbocycles. The van der Waals surface area contributed by atoms with Crippen LogP contribution in [-0.4, -0.2) is 40.3 Å². The molecule has 0 saturated carbocycles. The first-order chi connectivity index (χ1) is 14.1. The highest BCUT2D eigenvalue weighted by Gasteiger charge is 2.24. The van der Waals surface area contributed by atoms with E-state index in [1.165, 1.54) is 4.31 Å². The number of hydrogen-bond acceptors (Lipinski definition) is 4. The zero-order chi connectivity index (χ0) is 22.3. The summed E-state index contributed by atoms with van der Waals surface area (Å²) >= 11 is 0. The molecular weight excluding hydrogens is 400 g/mol. The number of ether oxygens (including phenoxy) is 1. The van der Waals surface area contributed by atoms with Crippen LogP contribution in [-0.2, 0) is 21.2 Å². The zero-order valence-corrected chi connectivity index (χ0v) is 19.3. The topological polar surface area (TPSA) is 75.7 Å². The van der Waals surface area contributed by atoms with E-state index in [1.807, 2.05) is 64.1 Å². The molecule has 30 heavy (non-hydrogen) atoms. The molecule has 0 fully saturated rings. The van der Waals surface area contributed by atoms with Crippen LogP contribution in [0.2, 0.25) is 0 Å². The van der Waals surface area contributed by atoms with Crippen molar-refractivity contribution in [3.05, 3.63) is 58.7 Å². The molecule has 0 spiro atoms. The number of carbonyl (C=O) groups is 1. The van der Waals surface area contributed by atoms with Crippen LogP contribution >= 0.6 is 0 Å². The molecule has 2 rings (SSSR count). The van der Waals surface area contributed by atoms with E-state index in [-0.39, 0.29) is 12.5 Å². The number of nitrogens with zero attached hydrogens (tertiary/aromatic N) is 1. The summed E-state index contributed by atoms with van der Waals surface area (Å²) in [5, 5.41) is 2.84. The minimum Gasteiger partial charge on any atom is -0.494 e. The van der Waals surface area contributed by atoms with E-state index in [0.29, 0.717) is 18.8 Å². The average molecular weight is 433 g/mol. The summed E-state index contributed by atoms with van der Waals surface area (Å²) in [6.45, 7) is 8.53. The molecule has 0 aliphatic heterocycles. The lowest BCUT2D eigenvalue weighted by Gasteiger charge is -2.26. The van der Waals surface area contributed by atoms with Crippen molar-refractivity contribution >= 4 is 21.6 Å². The van der Waals surface area contributed by atoms with Gasteiger partial charge in [0.25, 0.3) is 0 Å². The first-order valence-corrected chi connectivity index (χ1v) is 12.0. The predicted octanol–water partition coefficient (Wildman–Crippen LogP) is 3.53. The number of amides is 1. The van der Waals surface area contributed by atoms with E-state index in [9.17, 15) is 13.2 Å². The van der Waals surface area contributed by atoms with Crippen LogP contribution in [0.4, 0.5) is 5.69 Å². The molecule has 0 aliphatic rings. The Labute approximate surface area is 180 Å². The third-order valence-corrected chi connectivity index (χ3v) is 5.88. The van der Waals surface area contributed by atoms with Crippen LogP contribution in [0.25, 0.3) is 0 Å². The number of hydrogen-bond donors (Lipinski definition) is 1. The largest absolute Gasteiger partial charge is 0.494 e. The number of nitrogens with one attached hydrogen (secondary N) is 1. The second-order valence-corrected chi connectivity index (χ2v) is 9.45. The van der Waals surface area contributed by atoms with Crippen molar-refractivity contribution in [2.75, 3.05) is 30.3 Å². The predicted molar refractivity (Wildman–Crippen MR) is 122 cm³/mol. The lowest BCUT2D eigenvalue weighted by atomic mass is 10.1. The Bertz CT molecular complexity index is 946. The smallest absolute Gasteiger partial charge is 0.240 e. The number of aryl methyl sites for hydroxylation is 4. The Morgan fingerprint density at radius 2 is 1.67 bits per heavy atom. The summed E-state index contributed by atoms with van der Waals surface area (Å²) in [7, 11) is -3.59. The quantitative estimate of drug-likeness (QED) is 0.583. The Balaban J connectivity index is 1.94. The minimum atomic E-state index is -3.59. The maximum Gasteiger partial charge on any atom is 0.240 e. The second kappa shape index (κ2) is 10.5. The third-order valence-electron chi connectivity index (χ3n) is 4.77. The van der Waals surface area contributed by atoms with E-state index in [4.69, 9.17) is 4.74 Å². The molecule has 0 aromatic heterocycles. The van der Waals surface area contributed by atoms with Crippen LogP contribution in [0.15, 0.2) is 36.4 Å². The van der Waals surface area contributed by atoms with Crippen molar-refractivity contribution in [3.63, 3.8) is 0 Å². The molecule has 7 heteroatoms. The number of benzene rings is 2. The van der Waals surface area contributed by atoms with Crippen LogP contribution in [0.3, 0.4) is 0 Å². The Morgan fingerprint density at radius 3 is 2.20 bits per heavy atom. The van der Waals surface area contributed by atoms with Gasteiger partial charge in [0.15, 0.2) is 0 Å². The fraction of sp³-hybridized carbons (Fsp3) is 0.435. The molecule has 0 saturated heterocycles. The maximum atomic E-state index is 12.5. The Hall–Kier alpha value is -2.54. The average Bonchev–Trinajstić information content (AvgIpc) is 2.64. The zero-order valence-electron chi connectivity index (χ0n) is 18.5. The monoisotopic (exact) mass is 432 g/mol. The van der Waals surface area contributed by atoms with E-state index in [2.05, 4.69) is 5.32 Å². The summed E-state index contributed by atoms with van der Waals surface area (Å²) in [6, 6.07) is 11.8. The summed E-state index contributed by atoms with van der Waals surface area (Å²) in [6.07, 6.45) is 2.71. The fourth-order valence-corrected chi connectivity index (χ4v) is 4.52. The van der Waals surface area contributed by atoms with E-state index in [1.54, 1.807) is 0 Å². The molecule has 2 aromatic rings. The summed E-state index contributed by atoms with van der Waals surface area (Å²) < 4.78 is 31.4. The SMILES string of the molecule is CCOc1ccc(CCCNC(=O)CN(c2c(C)cc(C)cc2C)S(C)(=O)=O)cc1. The van der Waals surface area contributed by atoms with Crippen LogP contribution in [0.5, 0.6) is 5.75 Å². The van der Waals surface area contributed by atoms with Gasteiger partial charge in [-0.1, -0.05) is 29.8 Å². The Kier molecular flexibility index (Phi) is 8.29. The third kappa shape index (κ3) is 6.76. The molecule has 0 radical (unpaired) electrons. The van der Waals surface area contributed by atoms with Gasteiger partial charge in [-0.05, 0) is 69.4 Å². The van der Waals surface area contributed by atoms with Gasteiger partial charge in [0.1, 0.15) is 12.3 Å². The van der Waals surface area contributed by atoms with Crippen molar-refractivity contribution < 1.29 is 17.9 Å².